The molecule has 0 aliphatic heterocycles. The van der Waals surface area contributed by atoms with Gasteiger partial charge in [-0.25, -0.2) is 0 Å². The van der Waals surface area contributed by atoms with E-state index in [1.165, 1.54) is 25.7 Å². The van der Waals surface area contributed by atoms with Gasteiger partial charge in [-0.05, 0) is 44.6 Å². The topological polar surface area (TPSA) is 21.3 Å². The van der Waals surface area contributed by atoms with Crippen LogP contribution in [0.4, 0.5) is 0 Å². The molecule has 1 N–H and O–H groups in total. The largest absolute Gasteiger partial charge is 0.385 e. The van der Waals surface area contributed by atoms with Gasteiger partial charge in [-0.2, -0.15) is 0 Å². The van der Waals surface area contributed by atoms with Crippen molar-refractivity contribution in [2.45, 2.75) is 52.0 Å². The summed E-state index contributed by atoms with van der Waals surface area (Å²) in [6.45, 7) is 6.54. The molecular formula is C14H27NO. The highest BCUT2D eigenvalue weighted by atomic mass is 16.5. The van der Waals surface area contributed by atoms with Gasteiger partial charge in [-0.3, -0.25) is 0 Å². The highest BCUT2D eigenvalue weighted by Gasteiger charge is 2.12. The molecule has 0 heterocycles. The molecule has 1 unspecified atom stereocenters. The van der Waals surface area contributed by atoms with Crippen molar-refractivity contribution < 1.29 is 4.74 Å². The highest BCUT2D eigenvalue weighted by molar-refractivity contribution is 5.07. The first kappa shape index (κ1) is 13.7. The Hall–Kier alpha value is -0.340. The maximum atomic E-state index is 5.15. The maximum absolute atomic E-state index is 5.15. The first-order valence-corrected chi connectivity index (χ1v) is 6.64. The van der Waals surface area contributed by atoms with Crippen molar-refractivity contribution in [1.29, 1.82) is 0 Å². The van der Waals surface area contributed by atoms with E-state index in [9.17, 15) is 0 Å². The van der Waals surface area contributed by atoms with Crippen LogP contribution in [0.1, 0.15) is 46.0 Å². The van der Waals surface area contributed by atoms with Crippen LogP contribution in [-0.2, 0) is 4.74 Å². The van der Waals surface area contributed by atoms with Crippen LogP contribution in [-0.4, -0.2) is 26.3 Å². The Kier molecular flexibility index (Phi) is 6.74. The summed E-state index contributed by atoms with van der Waals surface area (Å²) < 4.78 is 5.15. The SMILES string of the molecule is COCCC(NCCC1=CCCC1)C(C)C. The van der Waals surface area contributed by atoms with E-state index in [2.05, 4.69) is 25.2 Å². The molecule has 1 atom stereocenters. The van der Waals surface area contributed by atoms with Crippen molar-refractivity contribution in [3.63, 3.8) is 0 Å². The molecular weight excluding hydrogens is 198 g/mol. The molecule has 0 amide bonds. The summed E-state index contributed by atoms with van der Waals surface area (Å²) in [6, 6.07) is 0.599. The minimum Gasteiger partial charge on any atom is -0.385 e. The Bertz CT molecular complexity index is 211. The Morgan fingerprint density at radius 3 is 2.81 bits per heavy atom. The number of nitrogens with one attached hydrogen (secondary N) is 1. The van der Waals surface area contributed by atoms with Gasteiger partial charge in [0.1, 0.15) is 0 Å². The van der Waals surface area contributed by atoms with Crippen LogP contribution in [0.15, 0.2) is 11.6 Å². The Balaban J connectivity index is 2.15. The number of hydrogen-bond acceptors (Lipinski definition) is 2. The van der Waals surface area contributed by atoms with Crippen molar-refractivity contribution in [3.8, 4) is 0 Å². The lowest BCUT2D eigenvalue weighted by Gasteiger charge is -2.22. The molecule has 94 valence electrons. The summed E-state index contributed by atoms with van der Waals surface area (Å²) >= 11 is 0. The Morgan fingerprint density at radius 2 is 2.25 bits per heavy atom. The molecule has 0 aromatic rings. The van der Waals surface area contributed by atoms with E-state index in [0.717, 1.165) is 19.6 Å². The summed E-state index contributed by atoms with van der Waals surface area (Å²) in [4.78, 5) is 0. The Labute approximate surface area is 100 Å². The highest BCUT2D eigenvalue weighted by Crippen LogP contribution is 2.20. The van der Waals surface area contributed by atoms with Gasteiger partial charge in [-0.1, -0.05) is 25.5 Å². The van der Waals surface area contributed by atoms with Crippen molar-refractivity contribution >= 4 is 0 Å². The third kappa shape index (κ3) is 5.13. The van der Waals surface area contributed by atoms with Gasteiger partial charge in [0, 0.05) is 19.8 Å². The zero-order valence-corrected chi connectivity index (χ0v) is 11.1. The average molecular weight is 225 g/mol. The van der Waals surface area contributed by atoms with Gasteiger partial charge >= 0.3 is 0 Å². The zero-order chi connectivity index (χ0) is 11.8. The molecule has 0 aromatic heterocycles. The molecule has 0 spiro atoms. The number of methoxy groups -OCH3 is 1. The smallest absolute Gasteiger partial charge is 0.0477 e. The second-order valence-electron chi connectivity index (χ2n) is 5.09. The van der Waals surface area contributed by atoms with Gasteiger partial charge in [0.25, 0.3) is 0 Å². The lowest BCUT2D eigenvalue weighted by molar-refractivity contribution is 0.174. The van der Waals surface area contributed by atoms with Crippen LogP contribution in [0.3, 0.4) is 0 Å². The number of hydrogen-bond donors (Lipinski definition) is 1. The predicted molar refractivity (Wildman–Crippen MR) is 69.7 cm³/mol. The molecule has 16 heavy (non-hydrogen) atoms. The fraction of sp³-hybridized carbons (Fsp3) is 0.857. The van der Waals surface area contributed by atoms with Gasteiger partial charge < -0.3 is 10.1 Å². The van der Waals surface area contributed by atoms with E-state index in [0.29, 0.717) is 12.0 Å². The molecule has 1 aliphatic rings. The van der Waals surface area contributed by atoms with Crippen LogP contribution in [0.25, 0.3) is 0 Å². The van der Waals surface area contributed by atoms with Gasteiger partial charge in [-0.15, -0.1) is 0 Å². The van der Waals surface area contributed by atoms with E-state index in [4.69, 9.17) is 4.74 Å². The van der Waals surface area contributed by atoms with Crippen molar-refractivity contribution in [3.05, 3.63) is 11.6 Å². The molecule has 0 fully saturated rings. The van der Waals surface area contributed by atoms with E-state index in [1.54, 1.807) is 12.7 Å². The van der Waals surface area contributed by atoms with E-state index < -0.39 is 0 Å². The van der Waals surface area contributed by atoms with Crippen LogP contribution in [0, 0.1) is 5.92 Å². The number of allylic oxidation sites excluding steroid dienone is 1. The summed E-state index contributed by atoms with van der Waals surface area (Å²) in [5.41, 5.74) is 1.65. The second-order valence-corrected chi connectivity index (χ2v) is 5.09. The lowest BCUT2D eigenvalue weighted by atomic mass is 10.0. The fourth-order valence-electron chi connectivity index (χ4n) is 2.30. The number of ether oxygens (including phenoxy) is 1. The molecule has 0 aromatic carbocycles. The maximum Gasteiger partial charge on any atom is 0.0477 e. The minimum atomic E-state index is 0.599. The molecule has 0 bridgehead atoms. The normalized spacial score (nSPS) is 17.9. The van der Waals surface area contributed by atoms with E-state index in [1.807, 2.05) is 0 Å². The lowest BCUT2D eigenvalue weighted by Crippen LogP contribution is -2.35. The standard InChI is InChI=1S/C14H27NO/c1-12(2)14(9-11-16-3)15-10-8-13-6-4-5-7-13/h6,12,14-15H,4-5,7-11H2,1-3H3. The van der Waals surface area contributed by atoms with Crippen molar-refractivity contribution in [2.24, 2.45) is 5.92 Å². The third-order valence-electron chi connectivity index (χ3n) is 3.43. The van der Waals surface area contributed by atoms with Gasteiger partial charge in [0.2, 0.25) is 0 Å². The van der Waals surface area contributed by atoms with E-state index >= 15 is 0 Å². The minimum absolute atomic E-state index is 0.599. The zero-order valence-electron chi connectivity index (χ0n) is 11.1. The van der Waals surface area contributed by atoms with Crippen LogP contribution in [0.2, 0.25) is 0 Å². The van der Waals surface area contributed by atoms with Crippen molar-refractivity contribution in [2.75, 3.05) is 20.3 Å². The quantitative estimate of drug-likeness (QED) is 0.641. The van der Waals surface area contributed by atoms with Gasteiger partial charge in [0.05, 0.1) is 0 Å². The first-order chi connectivity index (χ1) is 7.74. The summed E-state index contributed by atoms with van der Waals surface area (Å²) in [5.74, 6) is 0.688. The number of rotatable bonds is 8. The summed E-state index contributed by atoms with van der Waals surface area (Å²) in [7, 11) is 1.78. The molecule has 0 saturated heterocycles. The average Bonchev–Trinajstić information content (AvgIpc) is 2.75. The van der Waals surface area contributed by atoms with Gasteiger partial charge in [0.15, 0.2) is 0 Å². The summed E-state index contributed by atoms with van der Waals surface area (Å²) in [6.07, 6.45) is 8.76. The van der Waals surface area contributed by atoms with Crippen LogP contribution < -0.4 is 5.32 Å². The predicted octanol–water partition coefficient (Wildman–Crippen LogP) is 3.14. The van der Waals surface area contributed by atoms with Crippen molar-refractivity contribution in [1.82, 2.24) is 5.32 Å². The Morgan fingerprint density at radius 1 is 1.44 bits per heavy atom. The molecule has 2 nitrogen and oxygen atoms in total. The second kappa shape index (κ2) is 7.86. The summed E-state index contributed by atoms with van der Waals surface area (Å²) in [5, 5.41) is 3.66. The molecule has 0 radical (unpaired) electrons. The fourth-order valence-corrected chi connectivity index (χ4v) is 2.30. The van der Waals surface area contributed by atoms with Crippen LogP contribution >= 0.6 is 0 Å². The molecule has 1 aliphatic carbocycles. The molecule has 0 saturated carbocycles. The monoisotopic (exact) mass is 225 g/mol. The molecule has 2 heteroatoms. The molecule has 1 rings (SSSR count). The van der Waals surface area contributed by atoms with Crippen LogP contribution in [0.5, 0.6) is 0 Å². The third-order valence-corrected chi connectivity index (χ3v) is 3.43. The van der Waals surface area contributed by atoms with E-state index in [-0.39, 0.29) is 0 Å². The first-order valence-electron chi connectivity index (χ1n) is 6.64.